The molecular weight excluding hydrogens is 218 g/mol. The van der Waals surface area contributed by atoms with Crippen LogP contribution in [0.15, 0.2) is 0 Å². The van der Waals surface area contributed by atoms with Gasteiger partial charge < -0.3 is 10.4 Å². The van der Waals surface area contributed by atoms with E-state index < -0.39 is 11.9 Å². The molecule has 0 radical (unpaired) electrons. The summed E-state index contributed by atoms with van der Waals surface area (Å²) in [4.78, 5) is 23.1. The summed E-state index contributed by atoms with van der Waals surface area (Å²) in [5, 5.41) is 12.0. The molecule has 17 heavy (non-hydrogen) atoms. The third-order valence-electron chi connectivity index (χ3n) is 3.53. The van der Waals surface area contributed by atoms with Gasteiger partial charge in [0, 0.05) is 6.04 Å². The van der Waals surface area contributed by atoms with Crippen molar-refractivity contribution in [2.75, 3.05) is 0 Å². The monoisotopic (exact) mass is 241 g/mol. The van der Waals surface area contributed by atoms with Crippen molar-refractivity contribution in [1.82, 2.24) is 5.32 Å². The zero-order chi connectivity index (χ0) is 12.8. The summed E-state index contributed by atoms with van der Waals surface area (Å²) < 4.78 is 0. The smallest absolute Gasteiger partial charge is 0.307 e. The van der Waals surface area contributed by atoms with Crippen molar-refractivity contribution in [2.24, 2.45) is 11.8 Å². The van der Waals surface area contributed by atoms with E-state index in [-0.39, 0.29) is 17.9 Å². The number of hydrogen-bond acceptors (Lipinski definition) is 2. The lowest BCUT2D eigenvalue weighted by atomic mass is 9.78. The van der Waals surface area contributed by atoms with Crippen LogP contribution in [0.5, 0.6) is 0 Å². The summed E-state index contributed by atoms with van der Waals surface area (Å²) >= 11 is 0. The average molecular weight is 241 g/mol. The number of carboxylic acids is 1. The normalized spacial score (nSPS) is 26.2. The Bertz CT molecular complexity index is 278. The molecule has 3 unspecified atom stereocenters. The number of aliphatic carboxylic acids is 1. The van der Waals surface area contributed by atoms with Gasteiger partial charge in [0.15, 0.2) is 0 Å². The minimum atomic E-state index is -0.826. The maximum atomic E-state index is 12.0. The Morgan fingerprint density at radius 3 is 2.41 bits per heavy atom. The van der Waals surface area contributed by atoms with Crippen molar-refractivity contribution in [1.29, 1.82) is 0 Å². The highest BCUT2D eigenvalue weighted by Gasteiger charge is 2.35. The molecule has 1 rings (SSSR count). The summed E-state index contributed by atoms with van der Waals surface area (Å²) in [6, 6.07) is 0.142. The second-order valence-corrected chi connectivity index (χ2v) is 5.03. The zero-order valence-electron chi connectivity index (χ0n) is 10.7. The van der Waals surface area contributed by atoms with Crippen LogP contribution in [0.1, 0.15) is 52.4 Å². The van der Waals surface area contributed by atoms with E-state index in [1.807, 2.05) is 6.92 Å². The number of nitrogens with one attached hydrogen (secondary N) is 1. The largest absolute Gasteiger partial charge is 0.481 e. The summed E-state index contributed by atoms with van der Waals surface area (Å²) in [6.45, 7) is 4.04. The average Bonchev–Trinajstić information content (AvgIpc) is 2.29. The van der Waals surface area contributed by atoms with E-state index in [4.69, 9.17) is 5.11 Å². The van der Waals surface area contributed by atoms with Gasteiger partial charge in [-0.15, -0.1) is 0 Å². The van der Waals surface area contributed by atoms with Crippen molar-refractivity contribution in [3.63, 3.8) is 0 Å². The summed E-state index contributed by atoms with van der Waals surface area (Å²) in [7, 11) is 0. The van der Waals surface area contributed by atoms with Gasteiger partial charge in [-0.3, -0.25) is 9.59 Å². The predicted octanol–water partition coefficient (Wildman–Crippen LogP) is 2.18. The standard InChI is InChI=1S/C13H23NO3/c1-3-6-9(2)14-12(15)10-7-4-5-8-11(10)13(16)17/h9-11H,3-8H2,1-2H3,(H,14,15)(H,16,17). The molecule has 1 aliphatic carbocycles. The molecule has 4 heteroatoms. The van der Waals surface area contributed by atoms with Gasteiger partial charge >= 0.3 is 5.97 Å². The molecule has 0 spiro atoms. The molecule has 98 valence electrons. The molecule has 0 bridgehead atoms. The van der Waals surface area contributed by atoms with E-state index in [0.29, 0.717) is 12.8 Å². The Balaban J connectivity index is 2.56. The Hall–Kier alpha value is -1.06. The van der Waals surface area contributed by atoms with Gasteiger partial charge in [-0.2, -0.15) is 0 Å². The molecule has 3 atom stereocenters. The highest BCUT2D eigenvalue weighted by molar-refractivity contribution is 5.85. The zero-order valence-corrected chi connectivity index (χ0v) is 10.7. The van der Waals surface area contributed by atoms with Crippen molar-refractivity contribution in [3.05, 3.63) is 0 Å². The van der Waals surface area contributed by atoms with E-state index in [1.165, 1.54) is 0 Å². The first-order valence-corrected chi connectivity index (χ1v) is 6.59. The fourth-order valence-corrected chi connectivity index (χ4v) is 2.60. The quantitative estimate of drug-likeness (QED) is 0.775. The van der Waals surface area contributed by atoms with Crippen LogP contribution in [0.25, 0.3) is 0 Å². The molecule has 0 heterocycles. The topological polar surface area (TPSA) is 66.4 Å². The van der Waals surface area contributed by atoms with Crippen LogP contribution in [-0.4, -0.2) is 23.0 Å². The molecule has 0 aromatic rings. The summed E-state index contributed by atoms with van der Waals surface area (Å²) in [6.07, 6.45) is 5.19. The van der Waals surface area contributed by atoms with Crippen molar-refractivity contribution >= 4 is 11.9 Å². The van der Waals surface area contributed by atoms with E-state index in [1.54, 1.807) is 0 Å². The molecule has 1 aliphatic rings. The lowest BCUT2D eigenvalue weighted by Gasteiger charge is -2.28. The highest BCUT2D eigenvalue weighted by Crippen LogP contribution is 2.30. The van der Waals surface area contributed by atoms with Crippen LogP contribution >= 0.6 is 0 Å². The molecule has 0 saturated heterocycles. The van der Waals surface area contributed by atoms with Crippen LogP contribution in [0.3, 0.4) is 0 Å². The van der Waals surface area contributed by atoms with Crippen LogP contribution in [0.4, 0.5) is 0 Å². The first-order chi connectivity index (χ1) is 8.06. The van der Waals surface area contributed by atoms with Crippen LogP contribution in [-0.2, 0) is 9.59 Å². The first-order valence-electron chi connectivity index (χ1n) is 6.59. The molecule has 0 aromatic carbocycles. The van der Waals surface area contributed by atoms with Gasteiger partial charge in [0.2, 0.25) is 5.91 Å². The SMILES string of the molecule is CCCC(C)NC(=O)C1CCCCC1C(=O)O. The maximum Gasteiger partial charge on any atom is 0.307 e. The van der Waals surface area contributed by atoms with Gasteiger partial charge in [-0.25, -0.2) is 0 Å². The Morgan fingerprint density at radius 2 is 1.88 bits per heavy atom. The lowest BCUT2D eigenvalue weighted by Crippen LogP contribution is -2.43. The van der Waals surface area contributed by atoms with Gasteiger partial charge in [-0.1, -0.05) is 26.2 Å². The Labute approximate surface area is 103 Å². The first kappa shape index (κ1) is 14.0. The number of hydrogen-bond donors (Lipinski definition) is 2. The molecule has 0 aliphatic heterocycles. The fraction of sp³-hybridized carbons (Fsp3) is 0.846. The summed E-state index contributed by atoms with van der Waals surface area (Å²) in [5.74, 6) is -1.72. The van der Waals surface area contributed by atoms with E-state index in [9.17, 15) is 9.59 Å². The molecule has 1 saturated carbocycles. The minimum Gasteiger partial charge on any atom is -0.481 e. The van der Waals surface area contributed by atoms with Gasteiger partial charge in [0.1, 0.15) is 0 Å². The van der Waals surface area contributed by atoms with E-state index in [2.05, 4.69) is 12.2 Å². The third kappa shape index (κ3) is 4.02. The maximum absolute atomic E-state index is 12.0. The lowest BCUT2D eigenvalue weighted by molar-refractivity contribution is -0.149. The van der Waals surface area contributed by atoms with Gasteiger partial charge in [-0.05, 0) is 26.2 Å². The van der Waals surface area contributed by atoms with E-state index >= 15 is 0 Å². The predicted molar refractivity (Wildman–Crippen MR) is 65.6 cm³/mol. The van der Waals surface area contributed by atoms with Crippen molar-refractivity contribution in [3.8, 4) is 0 Å². The molecular formula is C13H23NO3. The van der Waals surface area contributed by atoms with Crippen LogP contribution < -0.4 is 5.32 Å². The second kappa shape index (κ2) is 6.62. The van der Waals surface area contributed by atoms with Crippen LogP contribution in [0, 0.1) is 11.8 Å². The highest BCUT2D eigenvalue weighted by atomic mass is 16.4. The third-order valence-corrected chi connectivity index (χ3v) is 3.53. The summed E-state index contributed by atoms with van der Waals surface area (Å²) in [5.41, 5.74) is 0. The molecule has 0 aromatic heterocycles. The second-order valence-electron chi connectivity index (χ2n) is 5.03. The molecule has 1 fully saturated rings. The number of carbonyl (C=O) groups is 2. The molecule has 1 amide bonds. The molecule has 4 nitrogen and oxygen atoms in total. The fourth-order valence-electron chi connectivity index (χ4n) is 2.60. The number of amides is 1. The van der Waals surface area contributed by atoms with Gasteiger partial charge in [0.05, 0.1) is 11.8 Å². The number of carboxylic acid groups (broad SMARTS) is 1. The van der Waals surface area contributed by atoms with Crippen LogP contribution in [0.2, 0.25) is 0 Å². The number of carbonyl (C=O) groups excluding carboxylic acids is 1. The van der Waals surface area contributed by atoms with Crippen molar-refractivity contribution in [2.45, 2.75) is 58.4 Å². The van der Waals surface area contributed by atoms with E-state index in [0.717, 1.165) is 25.7 Å². The minimum absolute atomic E-state index is 0.0712. The van der Waals surface area contributed by atoms with Crippen molar-refractivity contribution < 1.29 is 14.7 Å². The Kier molecular flexibility index (Phi) is 5.45. The Morgan fingerprint density at radius 1 is 1.29 bits per heavy atom. The molecule has 2 N–H and O–H groups in total. The van der Waals surface area contributed by atoms with Gasteiger partial charge in [0.25, 0.3) is 0 Å². The number of rotatable bonds is 5.